The van der Waals surface area contributed by atoms with E-state index < -0.39 is 0 Å². The second-order valence-electron chi connectivity index (χ2n) is 4.39. The van der Waals surface area contributed by atoms with Crippen molar-refractivity contribution in [2.45, 2.75) is 26.3 Å². The lowest BCUT2D eigenvalue weighted by Gasteiger charge is -2.02. The lowest BCUT2D eigenvalue weighted by molar-refractivity contribution is 0.0949. The third kappa shape index (κ3) is 3.54. The van der Waals surface area contributed by atoms with E-state index >= 15 is 0 Å². The number of carbonyl (C=O) groups is 1. The molecular formula is C13H14ClN3O2. The Labute approximate surface area is 116 Å². The van der Waals surface area contributed by atoms with Crippen LogP contribution in [-0.2, 0) is 6.54 Å². The summed E-state index contributed by atoms with van der Waals surface area (Å²) in [6, 6.07) is 6.66. The highest BCUT2D eigenvalue weighted by atomic mass is 35.5. The molecule has 0 aliphatic heterocycles. The molecule has 0 fully saturated rings. The molecule has 0 spiro atoms. The van der Waals surface area contributed by atoms with Crippen LogP contribution in [0.15, 0.2) is 28.8 Å². The van der Waals surface area contributed by atoms with Gasteiger partial charge in [0.1, 0.15) is 0 Å². The average Bonchev–Trinajstić information content (AvgIpc) is 2.86. The molecular weight excluding hydrogens is 266 g/mol. The van der Waals surface area contributed by atoms with Crippen molar-refractivity contribution in [3.8, 4) is 0 Å². The first kappa shape index (κ1) is 13.5. The van der Waals surface area contributed by atoms with Crippen LogP contribution in [0, 0.1) is 0 Å². The fourth-order valence-electron chi connectivity index (χ4n) is 1.44. The SMILES string of the molecule is CC(C)c1nc(CNC(=O)c2ccc(Cl)cc2)no1. The molecule has 2 aromatic rings. The standard InChI is InChI=1S/C13H14ClN3O2/c1-8(2)13-16-11(17-19-13)7-15-12(18)9-3-5-10(14)6-4-9/h3-6,8H,7H2,1-2H3,(H,15,18). The van der Waals surface area contributed by atoms with Crippen molar-refractivity contribution in [3.05, 3.63) is 46.6 Å². The minimum Gasteiger partial charge on any atom is -0.345 e. The Bertz CT molecular complexity index is 564. The number of nitrogens with zero attached hydrogens (tertiary/aromatic N) is 2. The van der Waals surface area contributed by atoms with E-state index in [0.29, 0.717) is 22.3 Å². The van der Waals surface area contributed by atoms with Crippen LogP contribution in [0.2, 0.25) is 5.02 Å². The van der Waals surface area contributed by atoms with Crippen LogP contribution in [0.5, 0.6) is 0 Å². The van der Waals surface area contributed by atoms with Gasteiger partial charge in [-0.25, -0.2) is 0 Å². The molecule has 100 valence electrons. The van der Waals surface area contributed by atoms with Crippen molar-refractivity contribution < 1.29 is 9.32 Å². The monoisotopic (exact) mass is 279 g/mol. The number of nitrogens with one attached hydrogen (secondary N) is 1. The van der Waals surface area contributed by atoms with Crippen LogP contribution in [-0.4, -0.2) is 16.0 Å². The number of benzene rings is 1. The Hall–Kier alpha value is -1.88. The quantitative estimate of drug-likeness (QED) is 0.934. The van der Waals surface area contributed by atoms with Gasteiger partial charge in [-0.15, -0.1) is 0 Å². The Morgan fingerprint density at radius 1 is 1.37 bits per heavy atom. The topological polar surface area (TPSA) is 68.0 Å². The molecule has 1 N–H and O–H groups in total. The van der Waals surface area contributed by atoms with Gasteiger partial charge in [0.2, 0.25) is 5.89 Å². The van der Waals surface area contributed by atoms with E-state index in [2.05, 4.69) is 15.5 Å². The molecule has 0 aliphatic carbocycles. The van der Waals surface area contributed by atoms with Gasteiger partial charge in [-0.3, -0.25) is 4.79 Å². The van der Waals surface area contributed by atoms with Gasteiger partial charge in [-0.05, 0) is 24.3 Å². The van der Waals surface area contributed by atoms with Crippen molar-refractivity contribution in [3.63, 3.8) is 0 Å². The van der Waals surface area contributed by atoms with Crippen molar-refractivity contribution >= 4 is 17.5 Å². The molecule has 0 unspecified atom stereocenters. The molecule has 19 heavy (non-hydrogen) atoms. The first-order valence-corrected chi connectivity index (χ1v) is 6.30. The fourth-order valence-corrected chi connectivity index (χ4v) is 1.56. The number of carbonyl (C=O) groups excluding carboxylic acids is 1. The van der Waals surface area contributed by atoms with E-state index in [9.17, 15) is 4.79 Å². The number of hydrogen-bond acceptors (Lipinski definition) is 4. The Kier molecular flexibility index (Phi) is 4.16. The maximum absolute atomic E-state index is 11.8. The molecule has 0 atom stereocenters. The highest BCUT2D eigenvalue weighted by Crippen LogP contribution is 2.11. The molecule has 0 bridgehead atoms. The van der Waals surface area contributed by atoms with Crippen molar-refractivity contribution in [2.75, 3.05) is 0 Å². The second-order valence-corrected chi connectivity index (χ2v) is 4.83. The second kappa shape index (κ2) is 5.84. The Morgan fingerprint density at radius 2 is 2.05 bits per heavy atom. The number of amides is 1. The lowest BCUT2D eigenvalue weighted by atomic mass is 10.2. The molecule has 1 heterocycles. The maximum atomic E-state index is 11.8. The molecule has 6 heteroatoms. The maximum Gasteiger partial charge on any atom is 0.251 e. The summed E-state index contributed by atoms with van der Waals surface area (Å²) in [5.41, 5.74) is 0.539. The zero-order valence-electron chi connectivity index (χ0n) is 10.7. The Morgan fingerprint density at radius 3 is 2.63 bits per heavy atom. The van der Waals surface area contributed by atoms with Gasteiger partial charge in [-0.1, -0.05) is 30.6 Å². The average molecular weight is 280 g/mol. The smallest absolute Gasteiger partial charge is 0.251 e. The summed E-state index contributed by atoms with van der Waals surface area (Å²) >= 11 is 5.76. The van der Waals surface area contributed by atoms with Crippen LogP contribution < -0.4 is 5.32 Å². The number of rotatable bonds is 4. The molecule has 1 aromatic carbocycles. The van der Waals surface area contributed by atoms with Gasteiger partial charge < -0.3 is 9.84 Å². The molecule has 2 rings (SSSR count). The summed E-state index contributed by atoms with van der Waals surface area (Å²) in [4.78, 5) is 16.0. The van der Waals surface area contributed by atoms with Crippen LogP contribution in [0.25, 0.3) is 0 Å². The summed E-state index contributed by atoms with van der Waals surface area (Å²) in [6.45, 7) is 4.16. The van der Waals surface area contributed by atoms with Gasteiger partial charge in [0.05, 0.1) is 6.54 Å². The zero-order valence-corrected chi connectivity index (χ0v) is 11.4. The highest BCUT2D eigenvalue weighted by molar-refractivity contribution is 6.30. The molecule has 0 radical (unpaired) electrons. The summed E-state index contributed by atoms with van der Waals surface area (Å²) in [5, 5.41) is 7.11. The van der Waals surface area contributed by atoms with E-state index in [1.54, 1.807) is 24.3 Å². The van der Waals surface area contributed by atoms with Crippen LogP contribution in [0.3, 0.4) is 0 Å². The molecule has 1 amide bonds. The minimum absolute atomic E-state index is 0.174. The van der Waals surface area contributed by atoms with Gasteiger partial charge in [0.15, 0.2) is 5.82 Å². The number of aromatic nitrogens is 2. The van der Waals surface area contributed by atoms with Crippen molar-refractivity contribution in [1.29, 1.82) is 0 Å². The summed E-state index contributed by atoms with van der Waals surface area (Å²) in [7, 11) is 0. The Balaban J connectivity index is 1.94. The predicted octanol–water partition coefficient (Wildman–Crippen LogP) is 2.78. The first-order valence-electron chi connectivity index (χ1n) is 5.92. The lowest BCUT2D eigenvalue weighted by Crippen LogP contribution is -2.23. The third-order valence-electron chi connectivity index (χ3n) is 2.49. The van der Waals surface area contributed by atoms with Crippen molar-refractivity contribution in [2.24, 2.45) is 0 Å². The molecule has 0 saturated heterocycles. The predicted molar refractivity (Wildman–Crippen MR) is 71.0 cm³/mol. The fraction of sp³-hybridized carbons (Fsp3) is 0.308. The summed E-state index contributed by atoms with van der Waals surface area (Å²) in [6.07, 6.45) is 0. The van der Waals surface area contributed by atoms with E-state index in [0.717, 1.165) is 0 Å². The highest BCUT2D eigenvalue weighted by Gasteiger charge is 2.11. The summed E-state index contributed by atoms with van der Waals surface area (Å²) in [5.74, 6) is 1.00. The molecule has 5 nitrogen and oxygen atoms in total. The van der Waals surface area contributed by atoms with Gasteiger partial charge in [0.25, 0.3) is 5.91 Å². The summed E-state index contributed by atoms with van der Waals surface area (Å²) < 4.78 is 5.05. The minimum atomic E-state index is -0.201. The van der Waals surface area contributed by atoms with Gasteiger partial charge in [-0.2, -0.15) is 4.98 Å². The van der Waals surface area contributed by atoms with E-state index in [4.69, 9.17) is 16.1 Å². The van der Waals surface area contributed by atoms with Gasteiger partial charge in [0, 0.05) is 16.5 Å². The molecule has 0 saturated carbocycles. The van der Waals surface area contributed by atoms with Gasteiger partial charge >= 0.3 is 0 Å². The number of halogens is 1. The third-order valence-corrected chi connectivity index (χ3v) is 2.74. The normalized spacial score (nSPS) is 10.7. The van der Waals surface area contributed by atoms with Crippen LogP contribution >= 0.6 is 11.6 Å². The first-order chi connectivity index (χ1) is 9.06. The van der Waals surface area contributed by atoms with Crippen LogP contribution in [0.1, 0.15) is 41.8 Å². The van der Waals surface area contributed by atoms with E-state index in [1.807, 2.05) is 13.8 Å². The van der Waals surface area contributed by atoms with Crippen LogP contribution in [0.4, 0.5) is 0 Å². The molecule has 1 aromatic heterocycles. The zero-order chi connectivity index (χ0) is 13.8. The number of hydrogen-bond donors (Lipinski definition) is 1. The largest absolute Gasteiger partial charge is 0.345 e. The van der Waals surface area contributed by atoms with E-state index in [-0.39, 0.29) is 18.4 Å². The van der Waals surface area contributed by atoms with E-state index in [1.165, 1.54) is 0 Å². The van der Waals surface area contributed by atoms with Crippen molar-refractivity contribution in [1.82, 2.24) is 15.5 Å². The molecule has 0 aliphatic rings.